The van der Waals surface area contributed by atoms with Crippen LogP contribution in [0.2, 0.25) is 0 Å². The average Bonchev–Trinajstić information content (AvgIpc) is 2.86. The molecule has 2 aliphatic heterocycles. The summed E-state index contributed by atoms with van der Waals surface area (Å²) in [5, 5.41) is 0. The summed E-state index contributed by atoms with van der Waals surface area (Å²) in [5.74, 6) is -0.674. The van der Waals surface area contributed by atoms with Crippen molar-refractivity contribution in [3.8, 4) is 0 Å². The van der Waals surface area contributed by atoms with E-state index in [9.17, 15) is 14.0 Å². The van der Waals surface area contributed by atoms with Crippen molar-refractivity contribution in [2.45, 2.75) is 32.2 Å². The maximum absolute atomic E-state index is 14.5. The Kier molecular flexibility index (Phi) is 5.91. The number of nitrogens with zero attached hydrogens (tertiary/aromatic N) is 3. The summed E-state index contributed by atoms with van der Waals surface area (Å²) in [6.07, 6.45) is 1.78. The number of amides is 2. The molecule has 5 nitrogen and oxygen atoms in total. The monoisotopic (exact) mass is 361 g/mol. The first-order chi connectivity index (χ1) is 12.5. The molecule has 3 rings (SSSR count). The van der Waals surface area contributed by atoms with Gasteiger partial charge in [-0.15, -0.1) is 0 Å². The molecule has 0 bridgehead atoms. The zero-order valence-electron chi connectivity index (χ0n) is 15.7. The van der Waals surface area contributed by atoms with Crippen LogP contribution in [0.25, 0.3) is 0 Å². The predicted octanol–water partition coefficient (Wildman–Crippen LogP) is 2.29. The van der Waals surface area contributed by atoms with Gasteiger partial charge in [-0.2, -0.15) is 0 Å². The minimum atomic E-state index is -0.518. The van der Waals surface area contributed by atoms with Crippen LogP contribution in [0.1, 0.15) is 37.8 Å². The maximum atomic E-state index is 14.5. The van der Waals surface area contributed by atoms with E-state index in [-0.39, 0.29) is 23.5 Å². The first-order valence-electron chi connectivity index (χ1n) is 9.54. The van der Waals surface area contributed by atoms with Gasteiger partial charge in [0.2, 0.25) is 11.8 Å². The van der Waals surface area contributed by atoms with Gasteiger partial charge in [0.05, 0.1) is 12.0 Å². The summed E-state index contributed by atoms with van der Waals surface area (Å²) in [6.45, 7) is 5.60. The molecule has 2 atom stereocenters. The lowest BCUT2D eigenvalue weighted by atomic mass is 9.83. The Morgan fingerprint density at radius 1 is 1.19 bits per heavy atom. The first kappa shape index (κ1) is 18.8. The highest BCUT2D eigenvalue weighted by atomic mass is 19.1. The van der Waals surface area contributed by atoms with E-state index in [1.54, 1.807) is 23.1 Å². The number of hydrogen-bond donors (Lipinski definition) is 0. The SMILES string of the molecule is CCN1C(=O)CC[C@@H](C(=O)N2CCCN(C)CC2)[C@@H]1c1ccccc1F. The number of likely N-dealkylation sites (tertiary alicyclic amines) is 1. The molecular weight excluding hydrogens is 333 g/mol. The molecule has 26 heavy (non-hydrogen) atoms. The Morgan fingerprint density at radius 2 is 1.96 bits per heavy atom. The van der Waals surface area contributed by atoms with E-state index in [1.807, 2.05) is 11.8 Å². The molecule has 1 aromatic rings. The van der Waals surface area contributed by atoms with E-state index in [0.29, 0.717) is 31.5 Å². The third-order valence-electron chi connectivity index (χ3n) is 5.62. The Morgan fingerprint density at radius 3 is 2.69 bits per heavy atom. The summed E-state index contributed by atoms with van der Waals surface area (Å²) in [5.41, 5.74) is 0.452. The summed E-state index contributed by atoms with van der Waals surface area (Å²) in [6, 6.07) is 6.01. The molecule has 142 valence electrons. The molecule has 2 fully saturated rings. The van der Waals surface area contributed by atoms with Gasteiger partial charge in [0.25, 0.3) is 0 Å². The Bertz CT molecular complexity index is 666. The third kappa shape index (κ3) is 3.75. The molecule has 6 heteroatoms. The predicted molar refractivity (Wildman–Crippen MR) is 97.9 cm³/mol. The minimum Gasteiger partial charge on any atom is -0.341 e. The zero-order chi connectivity index (χ0) is 18.7. The van der Waals surface area contributed by atoms with Gasteiger partial charge in [-0.3, -0.25) is 9.59 Å². The second kappa shape index (κ2) is 8.16. The number of carbonyl (C=O) groups excluding carboxylic acids is 2. The second-order valence-corrected chi connectivity index (χ2v) is 7.27. The highest BCUT2D eigenvalue weighted by Gasteiger charge is 2.42. The van der Waals surface area contributed by atoms with Gasteiger partial charge in [0.15, 0.2) is 0 Å². The van der Waals surface area contributed by atoms with Crippen molar-refractivity contribution in [3.05, 3.63) is 35.6 Å². The fraction of sp³-hybridized carbons (Fsp3) is 0.600. The number of benzene rings is 1. The van der Waals surface area contributed by atoms with Gasteiger partial charge in [-0.25, -0.2) is 4.39 Å². The van der Waals surface area contributed by atoms with Crippen LogP contribution in [0.5, 0.6) is 0 Å². The lowest BCUT2D eigenvalue weighted by Crippen LogP contribution is -2.49. The van der Waals surface area contributed by atoms with Gasteiger partial charge < -0.3 is 14.7 Å². The van der Waals surface area contributed by atoms with E-state index in [0.717, 1.165) is 26.1 Å². The summed E-state index contributed by atoms with van der Waals surface area (Å²) >= 11 is 0. The van der Waals surface area contributed by atoms with Crippen molar-refractivity contribution >= 4 is 11.8 Å². The van der Waals surface area contributed by atoms with Crippen LogP contribution >= 0.6 is 0 Å². The molecular formula is C20H28FN3O2. The number of rotatable bonds is 3. The van der Waals surface area contributed by atoms with E-state index < -0.39 is 6.04 Å². The van der Waals surface area contributed by atoms with Gasteiger partial charge in [-0.05, 0) is 39.4 Å². The summed E-state index contributed by atoms with van der Waals surface area (Å²) in [7, 11) is 2.06. The van der Waals surface area contributed by atoms with Crippen molar-refractivity contribution < 1.29 is 14.0 Å². The van der Waals surface area contributed by atoms with Gasteiger partial charge in [0.1, 0.15) is 5.82 Å². The van der Waals surface area contributed by atoms with Crippen LogP contribution in [0.4, 0.5) is 4.39 Å². The number of carbonyl (C=O) groups is 2. The molecule has 0 spiro atoms. The topological polar surface area (TPSA) is 43.9 Å². The van der Waals surface area contributed by atoms with Crippen molar-refractivity contribution in [3.63, 3.8) is 0 Å². The van der Waals surface area contributed by atoms with E-state index in [2.05, 4.69) is 11.9 Å². The Hall–Kier alpha value is -1.95. The van der Waals surface area contributed by atoms with E-state index >= 15 is 0 Å². The van der Waals surface area contributed by atoms with E-state index in [4.69, 9.17) is 0 Å². The third-order valence-corrected chi connectivity index (χ3v) is 5.62. The van der Waals surface area contributed by atoms with Crippen molar-refractivity contribution in [2.75, 3.05) is 39.8 Å². The largest absolute Gasteiger partial charge is 0.341 e. The highest BCUT2D eigenvalue weighted by Crippen LogP contribution is 2.38. The van der Waals surface area contributed by atoms with Crippen LogP contribution < -0.4 is 0 Å². The average molecular weight is 361 g/mol. The van der Waals surface area contributed by atoms with E-state index in [1.165, 1.54) is 6.07 Å². The van der Waals surface area contributed by atoms with Crippen LogP contribution in [0, 0.1) is 11.7 Å². The van der Waals surface area contributed by atoms with Crippen LogP contribution in [-0.4, -0.2) is 66.3 Å². The molecule has 0 N–H and O–H groups in total. The maximum Gasteiger partial charge on any atom is 0.228 e. The molecule has 0 saturated carbocycles. The molecule has 0 aliphatic carbocycles. The lowest BCUT2D eigenvalue weighted by molar-refractivity contribution is -0.147. The Labute approximate surface area is 154 Å². The molecule has 0 unspecified atom stereocenters. The number of halogens is 1. The lowest BCUT2D eigenvalue weighted by Gasteiger charge is -2.42. The molecule has 2 amide bonds. The van der Waals surface area contributed by atoms with Gasteiger partial charge in [-0.1, -0.05) is 18.2 Å². The smallest absolute Gasteiger partial charge is 0.228 e. The molecule has 2 heterocycles. The molecule has 2 aliphatic rings. The highest BCUT2D eigenvalue weighted by molar-refractivity contribution is 5.85. The molecule has 2 saturated heterocycles. The van der Waals surface area contributed by atoms with Crippen LogP contribution in [0.15, 0.2) is 24.3 Å². The molecule has 1 aromatic carbocycles. The number of likely N-dealkylation sites (N-methyl/N-ethyl adjacent to an activating group) is 1. The normalized spacial score (nSPS) is 25.3. The summed E-state index contributed by atoms with van der Waals surface area (Å²) in [4.78, 5) is 31.6. The molecule has 0 aromatic heterocycles. The minimum absolute atomic E-state index is 0.000373. The Balaban J connectivity index is 1.91. The first-order valence-corrected chi connectivity index (χ1v) is 9.54. The number of hydrogen-bond acceptors (Lipinski definition) is 3. The van der Waals surface area contributed by atoms with Gasteiger partial charge in [0, 0.05) is 38.2 Å². The fourth-order valence-electron chi connectivity index (χ4n) is 4.19. The quantitative estimate of drug-likeness (QED) is 0.830. The number of piperidine rings is 1. The fourth-order valence-corrected chi connectivity index (χ4v) is 4.19. The standard InChI is InChI=1S/C20H28FN3O2/c1-3-24-18(25)10-9-16(19(24)15-7-4-5-8-17(15)21)20(26)23-12-6-11-22(2)13-14-23/h4-5,7-8,16,19H,3,6,9-14H2,1-2H3/t16-,19+/m1/s1. The van der Waals surface area contributed by atoms with Crippen LogP contribution in [0.3, 0.4) is 0 Å². The van der Waals surface area contributed by atoms with Crippen LogP contribution in [-0.2, 0) is 9.59 Å². The summed E-state index contributed by atoms with van der Waals surface area (Å²) < 4.78 is 14.5. The van der Waals surface area contributed by atoms with Crippen molar-refractivity contribution in [1.82, 2.24) is 14.7 Å². The second-order valence-electron chi connectivity index (χ2n) is 7.27. The van der Waals surface area contributed by atoms with Gasteiger partial charge >= 0.3 is 0 Å². The molecule has 0 radical (unpaired) electrons. The zero-order valence-corrected chi connectivity index (χ0v) is 15.7. The van der Waals surface area contributed by atoms with Crippen molar-refractivity contribution in [2.24, 2.45) is 5.92 Å². The van der Waals surface area contributed by atoms with Crippen molar-refractivity contribution in [1.29, 1.82) is 0 Å².